The van der Waals surface area contributed by atoms with Gasteiger partial charge in [0.25, 0.3) is 5.91 Å². The highest BCUT2D eigenvalue weighted by Gasteiger charge is 2.14. The van der Waals surface area contributed by atoms with Gasteiger partial charge in [-0.15, -0.1) is 0 Å². The Balaban J connectivity index is 1.76. The average Bonchev–Trinajstić information content (AvgIpc) is 2.97. The molecule has 0 radical (unpaired) electrons. The number of hydrogen-bond acceptors (Lipinski definition) is 3. The number of rotatable bonds is 5. The average molecular weight is 439 g/mol. The van der Waals surface area contributed by atoms with Gasteiger partial charge in [0.15, 0.2) is 5.82 Å². The molecule has 0 spiro atoms. The molecule has 3 aromatic rings. The molecule has 5 nitrogen and oxygen atoms in total. The summed E-state index contributed by atoms with van der Waals surface area (Å²) in [6.07, 6.45) is 1.65. The van der Waals surface area contributed by atoms with Crippen molar-refractivity contribution in [2.75, 3.05) is 12.4 Å². The van der Waals surface area contributed by atoms with Crippen LogP contribution in [0.25, 0.3) is 0 Å². The van der Waals surface area contributed by atoms with Crippen molar-refractivity contribution in [1.29, 1.82) is 0 Å². The highest BCUT2D eigenvalue weighted by Crippen LogP contribution is 2.24. The number of methoxy groups -OCH3 is 1. The predicted molar refractivity (Wildman–Crippen MR) is 101 cm³/mol. The summed E-state index contributed by atoms with van der Waals surface area (Å²) in [5, 5.41) is 7.31. The van der Waals surface area contributed by atoms with Gasteiger partial charge < -0.3 is 10.1 Å². The van der Waals surface area contributed by atoms with Crippen LogP contribution in [-0.4, -0.2) is 22.8 Å². The monoisotopic (exact) mass is 437 g/mol. The van der Waals surface area contributed by atoms with E-state index in [1.165, 1.54) is 10.7 Å². The minimum Gasteiger partial charge on any atom is -0.497 e. The number of ether oxygens (including phenoxy) is 1. The zero-order valence-corrected chi connectivity index (χ0v) is 16.0. The third kappa shape index (κ3) is 4.05. The molecule has 8 heteroatoms. The van der Waals surface area contributed by atoms with Gasteiger partial charge in [0, 0.05) is 22.3 Å². The Kier molecular flexibility index (Phi) is 5.58. The molecular weight excluding hydrogens is 425 g/mol. The maximum atomic E-state index is 13.9. The highest BCUT2D eigenvalue weighted by atomic mass is 79.9. The molecule has 26 heavy (non-hydrogen) atoms. The maximum absolute atomic E-state index is 13.9. The smallest absolute Gasteiger partial charge is 0.256 e. The van der Waals surface area contributed by atoms with Gasteiger partial charge in [-0.1, -0.05) is 17.7 Å². The molecule has 0 saturated heterocycles. The Bertz CT molecular complexity index is 924. The lowest BCUT2D eigenvalue weighted by molar-refractivity contribution is 0.102. The van der Waals surface area contributed by atoms with Gasteiger partial charge in [-0.3, -0.25) is 9.48 Å². The number of carbonyl (C=O) groups excluding carboxylic acids is 1. The standard InChI is InChI=1S/C18H14BrClFN3O2/c1-26-12-7-5-11(6-8-12)18(25)22-17-14(19)10-24(23-17)9-13-15(20)3-2-4-16(13)21/h2-8,10H,9H2,1H3,(H,22,23,25). The number of nitrogens with zero attached hydrogens (tertiary/aromatic N) is 2. The first-order valence-corrected chi connectivity index (χ1v) is 8.76. The van der Waals surface area contributed by atoms with E-state index in [0.717, 1.165) is 0 Å². The van der Waals surface area contributed by atoms with E-state index < -0.39 is 5.82 Å². The van der Waals surface area contributed by atoms with Crippen LogP contribution in [0.2, 0.25) is 5.02 Å². The molecule has 1 amide bonds. The van der Waals surface area contributed by atoms with Crippen LogP contribution in [0.5, 0.6) is 5.75 Å². The predicted octanol–water partition coefficient (Wildman–Crippen LogP) is 4.75. The number of anilines is 1. The zero-order valence-electron chi connectivity index (χ0n) is 13.7. The van der Waals surface area contributed by atoms with E-state index in [4.69, 9.17) is 16.3 Å². The van der Waals surface area contributed by atoms with Gasteiger partial charge in [0.05, 0.1) is 18.1 Å². The second kappa shape index (κ2) is 7.88. The van der Waals surface area contributed by atoms with Crippen LogP contribution in [0.15, 0.2) is 53.1 Å². The molecule has 1 N–H and O–H groups in total. The molecule has 1 aromatic heterocycles. The molecule has 1 heterocycles. The summed E-state index contributed by atoms with van der Waals surface area (Å²) in [5.41, 5.74) is 0.793. The minimum atomic E-state index is -0.409. The van der Waals surface area contributed by atoms with E-state index in [9.17, 15) is 9.18 Å². The Hall–Kier alpha value is -2.38. The summed E-state index contributed by atoms with van der Waals surface area (Å²) in [7, 11) is 1.56. The molecule has 0 unspecified atom stereocenters. The van der Waals surface area contributed by atoms with Crippen molar-refractivity contribution >= 4 is 39.3 Å². The van der Waals surface area contributed by atoms with Crippen molar-refractivity contribution < 1.29 is 13.9 Å². The molecule has 0 atom stereocenters. The third-order valence-electron chi connectivity index (χ3n) is 3.68. The zero-order chi connectivity index (χ0) is 18.7. The molecule has 3 rings (SSSR count). The number of aromatic nitrogens is 2. The fourth-order valence-electron chi connectivity index (χ4n) is 2.33. The van der Waals surface area contributed by atoms with Crippen LogP contribution in [-0.2, 0) is 6.54 Å². The molecule has 0 aliphatic heterocycles. The second-order valence-corrected chi connectivity index (χ2v) is 6.67. The first-order valence-electron chi connectivity index (χ1n) is 7.59. The Morgan fingerprint density at radius 3 is 2.69 bits per heavy atom. The van der Waals surface area contributed by atoms with Crippen LogP contribution < -0.4 is 10.1 Å². The lowest BCUT2D eigenvalue weighted by Crippen LogP contribution is -2.13. The minimum absolute atomic E-state index is 0.141. The maximum Gasteiger partial charge on any atom is 0.256 e. The van der Waals surface area contributed by atoms with E-state index in [1.807, 2.05) is 0 Å². The number of amides is 1. The molecule has 0 aliphatic rings. The van der Waals surface area contributed by atoms with Crippen LogP contribution in [0.1, 0.15) is 15.9 Å². The Morgan fingerprint density at radius 1 is 1.31 bits per heavy atom. The van der Waals surface area contributed by atoms with Crippen molar-refractivity contribution in [3.8, 4) is 5.75 Å². The summed E-state index contributed by atoms with van der Waals surface area (Å²) in [5.74, 6) is 0.266. The fraction of sp³-hybridized carbons (Fsp3) is 0.111. The van der Waals surface area contributed by atoms with Crippen molar-refractivity contribution in [3.63, 3.8) is 0 Å². The van der Waals surface area contributed by atoms with E-state index in [2.05, 4.69) is 26.3 Å². The van der Waals surface area contributed by atoms with Crippen molar-refractivity contribution in [2.24, 2.45) is 0 Å². The van der Waals surface area contributed by atoms with Crippen LogP contribution >= 0.6 is 27.5 Å². The highest BCUT2D eigenvalue weighted by molar-refractivity contribution is 9.10. The number of hydrogen-bond donors (Lipinski definition) is 1. The van der Waals surface area contributed by atoms with E-state index in [0.29, 0.717) is 32.2 Å². The Morgan fingerprint density at radius 2 is 2.04 bits per heavy atom. The van der Waals surface area contributed by atoms with Gasteiger partial charge in [-0.05, 0) is 52.3 Å². The molecule has 134 valence electrons. The summed E-state index contributed by atoms with van der Waals surface area (Å²) in [6, 6.07) is 11.2. The first kappa shape index (κ1) is 18.4. The molecule has 0 aliphatic carbocycles. The topological polar surface area (TPSA) is 56.1 Å². The SMILES string of the molecule is COc1ccc(C(=O)Nc2nn(Cc3c(F)cccc3Cl)cc2Br)cc1. The van der Waals surface area contributed by atoms with E-state index >= 15 is 0 Å². The molecule has 0 fully saturated rings. The van der Waals surface area contributed by atoms with E-state index in [-0.39, 0.29) is 12.5 Å². The number of carbonyl (C=O) groups is 1. The quantitative estimate of drug-likeness (QED) is 0.625. The van der Waals surface area contributed by atoms with E-state index in [1.54, 1.807) is 49.7 Å². The lowest BCUT2D eigenvalue weighted by atomic mass is 10.2. The van der Waals surface area contributed by atoms with Crippen molar-refractivity contribution in [3.05, 3.63) is 75.1 Å². The number of benzene rings is 2. The largest absolute Gasteiger partial charge is 0.497 e. The van der Waals surface area contributed by atoms with Gasteiger partial charge in [-0.25, -0.2) is 4.39 Å². The third-order valence-corrected chi connectivity index (χ3v) is 4.62. The summed E-state index contributed by atoms with van der Waals surface area (Å²) in [4.78, 5) is 12.3. The molecular formula is C18H14BrClFN3O2. The van der Waals surface area contributed by atoms with Gasteiger partial charge in [-0.2, -0.15) is 5.10 Å². The normalized spacial score (nSPS) is 10.6. The molecule has 0 saturated carbocycles. The number of halogens is 3. The molecule has 0 bridgehead atoms. The summed E-state index contributed by atoms with van der Waals surface area (Å²) < 4.78 is 21.1. The van der Waals surface area contributed by atoms with Crippen LogP contribution in [0.3, 0.4) is 0 Å². The van der Waals surface area contributed by atoms with Crippen LogP contribution in [0.4, 0.5) is 10.2 Å². The van der Waals surface area contributed by atoms with Crippen molar-refractivity contribution in [1.82, 2.24) is 9.78 Å². The summed E-state index contributed by atoms with van der Waals surface area (Å²) >= 11 is 9.39. The fourth-order valence-corrected chi connectivity index (χ4v) is 2.97. The van der Waals surface area contributed by atoms with Crippen LogP contribution in [0, 0.1) is 5.82 Å². The summed E-state index contributed by atoms with van der Waals surface area (Å²) in [6.45, 7) is 0.141. The van der Waals surface area contributed by atoms with Gasteiger partial charge >= 0.3 is 0 Å². The second-order valence-electron chi connectivity index (χ2n) is 5.41. The van der Waals surface area contributed by atoms with Gasteiger partial charge in [0.1, 0.15) is 11.6 Å². The lowest BCUT2D eigenvalue weighted by Gasteiger charge is -2.06. The van der Waals surface area contributed by atoms with Gasteiger partial charge in [0.2, 0.25) is 0 Å². The Labute approximate surface area is 162 Å². The number of nitrogens with one attached hydrogen (secondary N) is 1. The molecule has 2 aromatic carbocycles. The first-order chi connectivity index (χ1) is 12.5. The van der Waals surface area contributed by atoms with Crippen molar-refractivity contribution in [2.45, 2.75) is 6.54 Å².